The second-order valence-corrected chi connectivity index (χ2v) is 7.28. The van der Waals surface area contributed by atoms with Crippen LogP contribution >= 0.6 is 0 Å². The lowest BCUT2D eigenvalue weighted by Crippen LogP contribution is -2.43. The van der Waals surface area contributed by atoms with Crippen LogP contribution in [0.1, 0.15) is 41.8 Å². The van der Waals surface area contributed by atoms with E-state index in [-0.39, 0.29) is 18.0 Å². The standard InChI is InChI=1S/C21H28N4O3/c1-15-19(16(2)28-24-15)14-25-13-11-18(8-9-20(25)26)23-21(27)22-12-10-17-6-4-3-5-7-17/h3-7,18H,8-14H2,1-2H3,(H2,22,23,27). The van der Waals surface area contributed by atoms with Crippen LogP contribution in [0.15, 0.2) is 34.9 Å². The van der Waals surface area contributed by atoms with E-state index in [2.05, 4.69) is 15.8 Å². The number of urea groups is 1. The van der Waals surface area contributed by atoms with Crippen molar-refractivity contribution in [2.45, 2.75) is 52.1 Å². The molecule has 1 aliphatic rings. The van der Waals surface area contributed by atoms with E-state index < -0.39 is 0 Å². The van der Waals surface area contributed by atoms with Crippen molar-refractivity contribution in [1.29, 1.82) is 0 Å². The number of aromatic nitrogens is 1. The predicted octanol–water partition coefficient (Wildman–Crippen LogP) is 2.71. The summed E-state index contributed by atoms with van der Waals surface area (Å²) in [6.07, 6.45) is 2.62. The third-order valence-electron chi connectivity index (χ3n) is 5.21. The highest BCUT2D eigenvalue weighted by Gasteiger charge is 2.25. The van der Waals surface area contributed by atoms with Crippen LogP contribution in [0.4, 0.5) is 4.79 Å². The fourth-order valence-electron chi connectivity index (χ4n) is 3.47. The normalized spacial score (nSPS) is 17.3. The molecule has 1 aromatic heterocycles. The van der Waals surface area contributed by atoms with Gasteiger partial charge in [0.15, 0.2) is 0 Å². The first-order valence-electron chi connectivity index (χ1n) is 9.80. The molecule has 28 heavy (non-hydrogen) atoms. The molecule has 3 amide bonds. The Morgan fingerprint density at radius 2 is 2.04 bits per heavy atom. The molecule has 1 fully saturated rings. The molecular formula is C21H28N4O3. The molecule has 2 heterocycles. The minimum absolute atomic E-state index is 0.00431. The van der Waals surface area contributed by atoms with Gasteiger partial charge < -0.3 is 20.1 Å². The second-order valence-electron chi connectivity index (χ2n) is 7.28. The molecule has 7 heteroatoms. The lowest BCUT2D eigenvalue weighted by atomic mass is 10.1. The van der Waals surface area contributed by atoms with Crippen molar-refractivity contribution in [2.75, 3.05) is 13.1 Å². The Balaban J connectivity index is 1.45. The molecule has 1 unspecified atom stereocenters. The molecule has 7 nitrogen and oxygen atoms in total. The fraction of sp³-hybridized carbons (Fsp3) is 0.476. The minimum atomic E-state index is -0.174. The van der Waals surface area contributed by atoms with Crippen LogP contribution in [0.2, 0.25) is 0 Å². The number of benzene rings is 1. The summed E-state index contributed by atoms with van der Waals surface area (Å²) in [5.74, 6) is 0.857. The zero-order chi connectivity index (χ0) is 19.9. The van der Waals surface area contributed by atoms with Gasteiger partial charge in [-0.3, -0.25) is 4.79 Å². The Morgan fingerprint density at radius 1 is 1.25 bits per heavy atom. The van der Waals surface area contributed by atoms with Gasteiger partial charge in [0.1, 0.15) is 5.76 Å². The van der Waals surface area contributed by atoms with Crippen LogP contribution in [0.3, 0.4) is 0 Å². The molecule has 1 aromatic carbocycles. The summed E-state index contributed by atoms with van der Waals surface area (Å²) in [7, 11) is 0. The molecule has 1 aliphatic heterocycles. The Labute approximate surface area is 165 Å². The van der Waals surface area contributed by atoms with Gasteiger partial charge in [-0.15, -0.1) is 0 Å². The Hall–Kier alpha value is -2.83. The van der Waals surface area contributed by atoms with Gasteiger partial charge in [-0.1, -0.05) is 35.5 Å². The van der Waals surface area contributed by atoms with Gasteiger partial charge in [0, 0.05) is 31.1 Å². The van der Waals surface area contributed by atoms with Crippen molar-refractivity contribution >= 4 is 11.9 Å². The van der Waals surface area contributed by atoms with E-state index in [0.717, 1.165) is 29.9 Å². The molecule has 1 atom stereocenters. The van der Waals surface area contributed by atoms with Crippen LogP contribution in [0.5, 0.6) is 0 Å². The van der Waals surface area contributed by atoms with Crippen molar-refractivity contribution < 1.29 is 14.1 Å². The van der Waals surface area contributed by atoms with Gasteiger partial charge in [0.05, 0.1) is 12.2 Å². The summed E-state index contributed by atoms with van der Waals surface area (Å²) < 4.78 is 5.19. The van der Waals surface area contributed by atoms with Crippen molar-refractivity contribution in [1.82, 2.24) is 20.7 Å². The number of nitrogens with one attached hydrogen (secondary N) is 2. The number of carbonyl (C=O) groups excluding carboxylic acids is 2. The number of carbonyl (C=O) groups is 2. The topological polar surface area (TPSA) is 87.5 Å². The van der Waals surface area contributed by atoms with E-state index in [1.165, 1.54) is 5.56 Å². The summed E-state index contributed by atoms with van der Waals surface area (Å²) >= 11 is 0. The molecule has 2 N–H and O–H groups in total. The van der Waals surface area contributed by atoms with E-state index in [4.69, 9.17) is 4.52 Å². The molecule has 2 aromatic rings. The lowest BCUT2D eigenvalue weighted by molar-refractivity contribution is -0.131. The quantitative estimate of drug-likeness (QED) is 0.802. The summed E-state index contributed by atoms with van der Waals surface area (Å²) in [6.45, 7) is 5.45. The molecule has 0 spiro atoms. The van der Waals surface area contributed by atoms with Gasteiger partial charge in [-0.05, 0) is 38.7 Å². The Bertz CT molecular complexity index is 784. The third kappa shape index (κ3) is 5.34. The van der Waals surface area contributed by atoms with Crippen LogP contribution in [0, 0.1) is 13.8 Å². The number of nitrogens with zero attached hydrogens (tertiary/aromatic N) is 2. The maximum atomic E-state index is 12.5. The van der Waals surface area contributed by atoms with Crippen LogP contribution in [-0.4, -0.2) is 41.1 Å². The zero-order valence-electron chi connectivity index (χ0n) is 16.5. The van der Waals surface area contributed by atoms with E-state index in [1.54, 1.807) is 0 Å². The van der Waals surface area contributed by atoms with E-state index >= 15 is 0 Å². The van der Waals surface area contributed by atoms with Gasteiger partial charge in [-0.25, -0.2) is 4.79 Å². The second kappa shape index (κ2) is 9.39. The number of likely N-dealkylation sites (tertiary alicyclic amines) is 1. The van der Waals surface area contributed by atoms with Gasteiger partial charge >= 0.3 is 6.03 Å². The molecule has 0 bridgehead atoms. The molecule has 0 aliphatic carbocycles. The van der Waals surface area contributed by atoms with Gasteiger partial charge in [-0.2, -0.15) is 0 Å². The van der Waals surface area contributed by atoms with Gasteiger partial charge in [0.2, 0.25) is 5.91 Å². The van der Waals surface area contributed by atoms with Crippen molar-refractivity contribution in [2.24, 2.45) is 0 Å². The molecular weight excluding hydrogens is 356 g/mol. The van der Waals surface area contributed by atoms with Crippen LogP contribution in [0.25, 0.3) is 0 Å². The maximum Gasteiger partial charge on any atom is 0.315 e. The summed E-state index contributed by atoms with van der Waals surface area (Å²) in [6, 6.07) is 9.88. The molecule has 3 rings (SSSR count). The number of aryl methyl sites for hydroxylation is 2. The summed E-state index contributed by atoms with van der Waals surface area (Å²) in [5, 5.41) is 9.87. The van der Waals surface area contributed by atoms with Gasteiger partial charge in [0.25, 0.3) is 0 Å². The largest absolute Gasteiger partial charge is 0.361 e. The van der Waals surface area contributed by atoms with Crippen molar-refractivity contribution in [3.05, 3.63) is 52.9 Å². The Kier molecular flexibility index (Phi) is 6.68. The van der Waals surface area contributed by atoms with Crippen molar-refractivity contribution in [3.8, 4) is 0 Å². The SMILES string of the molecule is Cc1noc(C)c1CN1CCC(NC(=O)NCCc2ccccc2)CCC1=O. The highest BCUT2D eigenvalue weighted by atomic mass is 16.5. The zero-order valence-corrected chi connectivity index (χ0v) is 16.5. The van der Waals surface area contributed by atoms with Crippen LogP contribution < -0.4 is 10.6 Å². The first-order valence-corrected chi connectivity index (χ1v) is 9.80. The number of hydrogen-bond donors (Lipinski definition) is 2. The predicted molar refractivity (Wildman–Crippen MR) is 106 cm³/mol. The number of amides is 3. The number of hydrogen-bond acceptors (Lipinski definition) is 4. The van der Waals surface area contributed by atoms with E-state index in [9.17, 15) is 9.59 Å². The maximum absolute atomic E-state index is 12.5. The first-order chi connectivity index (χ1) is 13.5. The number of rotatable bonds is 6. The average molecular weight is 384 g/mol. The van der Waals surface area contributed by atoms with E-state index in [1.807, 2.05) is 49.1 Å². The van der Waals surface area contributed by atoms with E-state index in [0.29, 0.717) is 32.5 Å². The Morgan fingerprint density at radius 3 is 2.75 bits per heavy atom. The summed E-state index contributed by atoms with van der Waals surface area (Å²) in [5.41, 5.74) is 2.98. The third-order valence-corrected chi connectivity index (χ3v) is 5.21. The molecule has 1 saturated heterocycles. The average Bonchev–Trinajstić information content (AvgIpc) is 2.90. The van der Waals surface area contributed by atoms with Crippen LogP contribution in [-0.2, 0) is 17.8 Å². The summed E-state index contributed by atoms with van der Waals surface area (Å²) in [4.78, 5) is 26.5. The minimum Gasteiger partial charge on any atom is -0.361 e. The molecule has 0 radical (unpaired) electrons. The fourth-order valence-corrected chi connectivity index (χ4v) is 3.47. The molecule has 150 valence electrons. The highest BCUT2D eigenvalue weighted by Crippen LogP contribution is 2.19. The lowest BCUT2D eigenvalue weighted by Gasteiger charge is -2.21. The van der Waals surface area contributed by atoms with Crippen molar-refractivity contribution in [3.63, 3.8) is 0 Å². The smallest absolute Gasteiger partial charge is 0.315 e. The monoisotopic (exact) mass is 384 g/mol. The first kappa shape index (κ1) is 19.9. The molecule has 0 saturated carbocycles. The highest BCUT2D eigenvalue weighted by molar-refractivity contribution is 5.77.